The van der Waals surface area contributed by atoms with Crippen molar-refractivity contribution < 1.29 is 14.4 Å². The molecule has 0 spiro atoms. The highest BCUT2D eigenvalue weighted by Gasteiger charge is 2.33. The molecule has 124 valence electrons. The van der Waals surface area contributed by atoms with E-state index in [1.54, 1.807) is 23.5 Å². The van der Waals surface area contributed by atoms with Crippen LogP contribution in [0.25, 0.3) is 0 Å². The van der Waals surface area contributed by atoms with Crippen LogP contribution in [0.2, 0.25) is 0 Å². The van der Waals surface area contributed by atoms with Crippen LogP contribution in [0.5, 0.6) is 0 Å². The molecule has 5 nitrogen and oxygen atoms in total. The minimum Gasteiger partial charge on any atom is -0.344 e. The van der Waals surface area contributed by atoms with E-state index < -0.39 is 0 Å². The molecule has 0 aliphatic carbocycles. The van der Waals surface area contributed by atoms with E-state index in [0.29, 0.717) is 11.1 Å². The first-order valence-electron chi connectivity index (χ1n) is 7.71. The van der Waals surface area contributed by atoms with Gasteiger partial charge in [0.15, 0.2) is 0 Å². The van der Waals surface area contributed by atoms with E-state index >= 15 is 0 Å². The molecule has 0 saturated carbocycles. The van der Waals surface area contributed by atoms with Crippen LogP contribution >= 0.6 is 11.3 Å². The second kappa shape index (κ2) is 6.20. The molecule has 6 heteroatoms. The fraction of sp³-hybridized carbons (Fsp3) is 0.278. The Morgan fingerprint density at radius 3 is 2.46 bits per heavy atom. The number of nitrogens with zero attached hydrogens (tertiary/aromatic N) is 1. The van der Waals surface area contributed by atoms with Crippen molar-refractivity contribution in [1.82, 2.24) is 10.2 Å². The number of nitrogens with one attached hydrogen (secondary N) is 1. The number of rotatable bonds is 4. The van der Waals surface area contributed by atoms with Gasteiger partial charge in [-0.2, -0.15) is 0 Å². The first-order chi connectivity index (χ1) is 11.4. The summed E-state index contributed by atoms with van der Waals surface area (Å²) in [7, 11) is 1.44. The average molecular weight is 342 g/mol. The smallest absolute Gasteiger partial charge is 0.261 e. The summed E-state index contributed by atoms with van der Waals surface area (Å²) in [5.74, 6) is -0.722. The van der Waals surface area contributed by atoms with Crippen LogP contribution < -0.4 is 5.32 Å². The third-order valence-corrected chi connectivity index (χ3v) is 5.11. The lowest BCUT2D eigenvalue weighted by Gasteiger charge is -2.21. The van der Waals surface area contributed by atoms with E-state index in [1.807, 2.05) is 31.4 Å². The summed E-state index contributed by atoms with van der Waals surface area (Å²) in [5.41, 5.74) is 1.01. The van der Waals surface area contributed by atoms with Crippen molar-refractivity contribution in [1.29, 1.82) is 0 Å². The van der Waals surface area contributed by atoms with Gasteiger partial charge in [0.05, 0.1) is 17.2 Å². The lowest BCUT2D eigenvalue weighted by Crippen LogP contribution is -2.31. The van der Waals surface area contributed by atoms with E-state index in [0.717, 1.165) is 9.78 Å². The van der Waals surface area contributed by atoms with E-state index in [1.165, 1.54) is 13.1 Å². The van der Waals surface area contributed by atoms with Gasteiger partial charge in [-0.3, -0.25) is 19.3 Å². The van der Waals surface area contributed by atoms with Gasteiger partial charge >= 0.3 is 0 Å². The Labute approximate surface area is 144 Å². The van der Waals surface area contributed by atoms with Crippen LogP contribution in [-0.2, 0) is 0 Å². The molecule has 0 saturated heterocycles. The molecule has 0 fully saturated rings. The van der Waals surface area contributed by atoms with E-state index in [9.17, 15) is 14.4 Å². The Kier molecular flexibility index (Phi) is 4.24. The maximum absolute atomic E-state index is 12.6. The van der Waals surface area contributed by atoms with Crippen LogP contribution in [0, 0.1) is 5.92 Å². The molecule has 3 amide bonds. The Morgan fingerprint density at radius 1 is 1.12 bits per heavy atom. The number of amides is 3. The Balaban J connectivity index is 1.86. The van der Waals surface area contributed by atoms with Gasteiger partial charge in [0.25, 0.3) is 17.7 Å². The summed E-state index contributed by atoms with van der Waals surface area (Å²) < 4.78 is 0. The standard InChI is InChI=1S/C18H18N2O3S/c1-10(2)15(14-5-4-8-24-14)19-16(21)11-6-7-12-13(9-11)18(23)20(3)17(12)22/h4-10,15H,1-3H3,(H,19,21)/t15-/m0/s1. The third-order valence-electron chi connectivity index (χ3n) is 4.15. The van der Waals surface area contributed by atoms with Gasteiger partial charge in [-0.25, -0.2) is 0 Å². The Hall–Kier alpha value is -2.47. The molecule has 0 radical (unpaired) electrons. The molecular weight excluding hydrogens is 324 g/mol. The van der Waals surface area contributed by atoms with Gasteiger partial charge < -0.3 is 5.32 Å². The minimum absolute atomic E-state index is 0.0919. The largest absolute Gasteiger partial charge is 0.344 e. The van der Waals surface area contributed by atoms with E-state index in [4.69, 9.17) is 0 Å². The molecule has 3 rings (SSSR count). The van der Waals surface area contributed by atoms with Crippen molar-refractivity contribution >= 4 is 29.1 Å². The monoisotopic (exact) mass is 342 g/mol. The average Bonchev–Trinajstić information content (AvgIpc) is 3.16. The maximum Gasteiger partial charge on any atom is 0.261 e. The summed E-state index contributed by atoms with van der Waals surface area (Å²) in [6.07, 6.45) is 0. The Bertz CT molecular complexity index is 812. The highest BCUT2D eigenvalue weighted by molar-refractivity contribution is 7.10. The normalized spacial score (nSPS) is 14.9. The van der Waals surface area contributed by atoms with Crippen LogP contribution in [0.4, 0.5) is 0 Å². The van der Waals surface area contributed by atoms with Gasteiger partial charge in [-0.1, -0.05) is 19.9 Å². The summed E-state index contributed by atoms with van der Waals surface area (Å²) in [5, 5.41) is 5.00. The van der Waals surface area contributed by atoms with Gasteiger partial charge in [0.2, 0.25) is 0 Å². The number of carbonyl (C=O) groups excluding carboxylic acids is 3. The first-order valence-corrected chi connectivity index (χ1v) is 8.59. The molecular formula is C18H18N2O3S. The summed E-state index contributed by atoms with van der Waals surface area (Å²) in [6, 6.07) is 8.49. The molecule has 24 heavy (non-hydrogen) atoms. The van der Waals surface area contributed by atoms with Crippen molar-refractivity contribution in [2.24, 2.45) is 5.92 Å². The zero-order valence-corrected chi connectivity index (χ0v) is 14.5. The lowest BCUT2D eigenvalue weighted by atomic mass is 10.0. The predicted octanol–water partition coefficient (Wildman–Crippen LogP) is 3.10. The number of hydrogen-bond donors (Lipinski definition) is 1. The van der Waals surface area contributed by atoms with Gasteiger partial charge in [0.1, 0.15) is 0 Å². The molecule has 2 heterocycles. The van der Waals surface area contributed by atoms with Crippen LogP contribution in [0.15, 0.2) is 35.7 Å². The van der Waals surface area contributed by atoms with Gasteiger partial charge in [-0.05, 0) is 35.6 Å². The van der Waals surface area contributed by atoms with E-state index in [2.05, 4.69) is 5.32 Å². The molecule has 1 aromatic carbocycles. The van der Waals surface area contributed by atoms with Gasteiger partial charge in [-0.15, -0.1) is 11.3 Å². The number of benzene rings is 1. The van der Waals surface area contributed by atoms with E-state index in [-0.39, 0.29) is 35.2 Å². The number of thiophene rings is 1. The topological polar surface area (TPSA) is 66.5 Å². The minimum atomic E-state index is -0.372. The molecule has 1 N–H and O–H groups in total. The van der Waals surface area contributed by atoms with Gasteiger partial charge in [0, 0.05) is 17.5 Å². The molecule has 0 unspecified atom stereocenters. The van der Waals surface area contributed by atoms with Crippen molar-refractivity contribution in [3.8, 4) is 0 Å². The fourth-order valence-electron chi connectivity index (χ4n) is 2.76. The third kappa shape index (κ3) is 2.73. The van der Waals surface area contributed by atoms with Crippen LogP contribution in [0.3, 0.4) is 0 Å². The number of carbonyl (C=O) groups is 3. The molecule has 1 aliphatic rings. The molecule has 1 aliphatic heterocycles. The zero-order valence-electron chi connectivity index (χ0n) is 13.7. The second-order valence-electron chi connectivity index (χ2n) is 6.14. The van der Waals surface area contributed by atoms with Crippen LogP contribution in [0.1, 0.15) is 55.8 Å². The molecule has 1 aromatic heterocycles. The zero-order chi connectivity index (χ0) is 17.4. The summed E-state index contributed by atoms with van der Waals surface area (Å²) in [4.78, 5) is 38.8. The molecule has 0 bridgehead atoms. The summed E-state index contributed by atoms with van der Waals surface area (Å²) >= 11 is 1.60. The predicted molar refractivity (Wildman–Crippen MR) is 92.2 cm³/mol. The van der Waals surface area contributed by atoms with Crippen molar-refractivity contribution in [3.05, 3.63) is 57.3 Å². The Morgan fingerprint density at radius 2 is 1.83 bits per heavy atom. The second-order valence-corrected chi connectivity index (χ2v) is 7.12. The van der Waals surface area contributed by atoms with Crippen molar-refractivity contribution in [3.63, 3.8) is 0 Å². The maximum atomic E-state index is 12.6. The van der Waals surface area contributed by atoms with Crippen molar-refractivity contribution in [2.75, 3.05) is 7.05 Å². The first kappa shape index (κ1) is 16.4. The SMILES string of the molecule is CC(C)[C@H](NC(=O)c1ccc2c(c1)C(=O)N(C)C2=O)c1cccs1. The fourth-order valence-corrected chi connectivity index (χ4v) is 3.71. The number of imide groups is 1. The highest BCUT2D eigenvalue weighted by Crippen LogP contribution is 2.27. The molecule has 2 aromatic rings. The van der Waals surface area contributed by atoms with Crippen LogP contribution in [-0.4, -0.2) is 29.7 Å². The summed E-state index contributed by atoms with van der Waals surface area (Å²) in [6.45, 7) is 4.09. The lowest BCUT2D eigenvalue weighted by molar-refractivity contribution is 0.0693. The highest BCUT2D eigenvalue weighted by atomic mass is 32.1. The molecule has 1 atom stereocenters. The number of hydrogen-bond acceptors (Lipinski definition) is 4. The van der Waals surface area contributed by atoms with Crippen molar-refractivity contribution in [2.45, 2.75) is 19.9 Å². The number of fused-ring (bicyclic) bond motifs is 1. The quantitative estimate of drug-likeness (QED) is 0.868.